The summed E-state index contributed by atoms with van der Waals surface area (Å²) < 4.78 is 113. The van der Waals surface area contributed by atoms with Crippen LogP contribution in [0, 0.1) is 38.8 Å². The van der Waals surface area contributed by atoms with Crippen LogP contribution in [0.2, 0.25) is 0 Å². The molecule has 0 aliphatic carbocycles. The topological polar surface area (TPSA) is 27.7 Å². The Bertz CT molecular complexity index is 1450. The van der Waals surface area contributed by atoms with Crippen molar-refractivity contribution in [3.05, 3.63) is 76.0 Å². The molecule has 1 heterocycles. The van der Waals surface area contributed by atoms with Gasteiger partial charge in [-0.3, -0.25) is 0 Å². The zero-order valence-electron chi connectivity index (χ0n) is 24.6. The summed E-state index contributed by atoms with van der Waals surface area (Å²) in [6.45, 7) is -6.73. The molecule has 0 amide bonds. The number of aryl methyl sites for hydroxylation is 5. The standard InChI is InChI=1S/C24H22F3N2/c1-14-7-23(29(5)13-17(14)4)22-11-21(15(2)6-16(22)3)19-8-18(12-28)9-20(10-19)24(25,26)27/h6-11,13H,1-5H3/q+1/i1D3,2D3,4D3. The van der Waals surface area contributed by atoms with E-state index in [1.165, 1.54) is 29.8 Å². The van der Waals surface area contributed by atoms with Crippen LogP contribution in [0.5, 0.6) is 0 Å². The van der Waals surface area contributed by atoms with Gasteiger partial charge in [-0.05, 0) is 79.6 Å². The van der Waals surface area contributed by atoms with Gasteiger partial charge >= 0.3 is 6.18 Å². The van der Waals surface area contributed by atoms with E-state index in [4.69, 9.17) is 12.3 Å². The molecule has 0 atom stereocenters. The lowest BCUT2D eigenvalue weighted by molar-refractivity contribution is -0.660. The molecular formula is C24H22F3N2+. The number of nitrogens with zero attached hydrogens (tertiary/aromatic N) is 2. The first kappa shape index (κ1) is 11.8. The van der Waals surface area contributed by atoms with Gasteiger partial charge < -0.3 is 0 Å². The summed E-state index contributed by atoms with van der Waals surface area (Å²) in [6, 6.07) is 7.97. The van der Waals surface area contributed by atoms with E-state index in [9.17, 15) is 18.4 Å². The minimum absolute atomic E-state index is 0.108. The van der Waals surface area contributed by atoms with Gasteiger partial charge in [0.25, 0.3) is 0 Å². The second-order valence-electron chi connectivity index (χ2n) is 6.72. The largest absolute Gasteiger partial charge is 0.416 e. The fourth-order valence-electron chi connectivity index (χ4n) is 3.15. The van der Waals surface area contributed by atoms with Crippen LogP contribution in [0.1, 0.15) is 45.7 Å². The number of pyridine rings is 1. The second kappa shape index (κ2) is 7.36. The van der Waals surface area contributed by atoms with Crippen LogP contribution in [-0.2, 0) is 13.2 Å². The summed E-state index contributed by atoms with van der Waals surface area (Å²) in [6.07, 6.45) is -3.65. The van der Waals surface area contributed by atoms with E-state index in [1.807, 2.05) is 0 Å². The SMILES string of the molecule is [2H]C([2H])([2H])c1cc(C)c(-c2cc(C([2H])([2H])[2H])c(C([2H])([2H])[2H])c[n+]2C)cc1-c1cc(C#N)cc(C(F)(F)F)c1. The number of alkyl halides is 3. The average molecular weight is 405 g/mol. The molecule has 3 rings (SSSR count). The number of aromatic nitrogens is 1. The predicted molar refractivity (Wildman–Crippen MR) is 107 cm³/mol. The normalized spacial score (nSPS) is 17.3. The number of halogens is 3. The van der Waals surface area contributed by atoms with E-state index >= 15 is 0 Å². The van der Waals surface area contributed by atoms with Crippen molar-refractivity contribution in [3.63, 3.8) is 0 Å². The van der Waals surface area contributed by atoms with E-state index in [-0.39, 0.29) is 33.5 Å². The van der Waals surface area contributed by atoms with Gasteiger partial charge in [0.15, 0.2) is 6.20 Å². The molecule has 0 aliphatic heterocycles. The Morgan fingerprint density at radius 3 is 2.24 bits per heavy atom. The van der Waals surface area contributed by atoms with Crippen LogP contribution < -0.4 is 4.57 Å². The molecule has 3 aromatic rings. The van der Waals surface area contributed by atoms with Crippen LogP contribution in [0.25, 0.3) is 22.4 Å². The molecule has 0 N–H and O–H groups in total. The molecule has 0 radical (unpaired) electrons. The van der Waals surface area contributed by atoms with Crippen LogP contribution in [-0.4, -0.2) is 0 Å². The van der Waals surface area contributed by atoms with Crippen molar-refractivity contribution in [3.8, 4) is 28.5 Å². The first-order valence-electron chi connectivity index (χ1n) is 13.0. The fraction of sp³-hybridized carbons (Fsp3) is 0.250. The molecule has 0 bridgehead atoms. The number of hydrogen-bond donors (Lipinski definition) is 0. The maximum atomic E-state index is 13.6. The lowest BCUT2D eigenvalue weighted by Crippen LogP contribution is -2.31. The monoisotopic (exact) mass is 404 g/mol. The van der Waals surface area contributed by atoms with Gasteiger partial charge in [-0.2, -0.15) is 18.4 Å². The van der Waals surface area contributed by atoms with Crippen LogP contribution in [0.4, 0.5) is 13.2 Å². The van der Waals surface area contributed by atoms with Gasteiger partial charge in [0.05, 0.1) is 17.2 Å². The Morgan fingerprint density at radius 1 is 0.897 bits per heavy atom. The first-order valence-corrected chi connectivity index (χ1v) is 8.47. The summed E-state index contributed by atoms with van der Waals surface area (Å²) in [5, 5.41) is 9.31. The average Bonchev–Trinajstić information content (AvgIpc) is 2.76. The number of rotatable bonds is 2. The summed E-state index contributed by atoms with van der Waals surface area (Å²) in [5.41, 5.74) is -1.99. The zero-order valence-corrected chi connectivity index (χ0v) is 15.6. The van der Waals surface area contributed by atoms with Crippen molar-refractivity contribution < 1.29 is 30.1 Å². The summed E-state index contributed by atoms with van der Waals surface area (Å²) in [4.78, 5) is 0. The third-order valence-corrected chi connectivity index (χ3v) is 4.61. The lowest BCUT2D eigenvalue weighted by atomic mass is 9.91. The quantitative estimate of drug-likeness (QED) is 0.484. The second-order valence-corrected chi connectivity index (χ2v) is 6.72. The molecular weight excluding hydrogens is 373 g/mol. The summed E-state index contributed by atoms with van der Waals surface area (Å²) in [7, 11) is 1.47. The zero-order chi connectivity index (χ0) is 29.0. The van der Waals surface area contributed by atoms with Crippen LogP contribution in [0.3, 0.4) is 0 Å². The molecule has 5 heteroatoms. The Balaban J connectivity index is 2.44. The number of nitriles is 1. The van der Waals surface area contributed by atoms with Gasteiger partial charge in [-0.1, -0.05) is 6.07 Å². The number of hydrogen-bond acceptors (Lipinski definition) is 1. The molecule has 0 unspecified atom stereocenters. The maximum Gasteiger partial charge on any atom is 0.416 e. The third-order valence-electron chi connectivity index (χ3n) is 4.61. The van der Waals surface area contributed by atoms with E-state index < -0.39 is 43.4 Å². The summed E-state index contributed by atoms with van der Waals surface area (Å²) >= 11 is 0. The molecule has 0 saturated carbocycles. The van der Waals surface area contributed by atoms with E-state index in [2.05, 4.69) is 0 Å². The van der Waals surface area contributed by atoms with Crippen molar-refractivity contribution >= 4 is 0 Å². The highest BCUT2D eigenvalue weighted by molar-refractivity contribution is 5.77. The molecule has 148 valence electrons. The Kier molecular flexibility index (Phi) is 2.99. The molecule has 0 fully saturated rings. The lowest BCUT2D eigenvalue weighted by Gasteiger charge is -2.15. The fourth-order valence-corrected chi connectivity index (χ4v) is 3.15. The van der Waals surface area contributed by atoms with E-state index in [1.54, 1.807) is 13.0 Å². The van der Waals surface area contributed by atoms with Gasteiger partial charge in [0.1, 0.15) is 7.05 Å². The smallest absolute Gasteiger partial charge is 0.201 e. The van der Waals surface area contributed by atoms with Crippen molar-refractivity contribution in [1.29, 1.82) is 5.26 Å². The molecule has 0 spiro atoms. The third kappa shape index (κ3) is 4.02. The van der Waals surface area contributed by atoms with Crippen LogP contribution in [0.15, 0.2) is 42.6 Å². The van der Waals surface area contributed by atoms with E-state index in [0.717, 1.165) is 18.3 Å². The van der Waals surface area contributed by atoms with Crippen molar-refractivity contribution in [1.82, 2.24) is 0 Å². The Labute approximate surface area is 181 Å². The molecule has 0 aliphatic rings. The summed E-state index contributed by atoms with van der Waals surface area (Å²) in [5.74, 6) is 0. The van der Waals surface area contributed by atoms with Gasteiger partial charge in [0.2, 0.25) is 5.69 Å². The van der Waals surface area contributed by atoms with E-state index in [0.29, 0.717) is 11.6 Å². The van der Waals surface area contributed by atoms with Gasteiger partial charge in [0, 0.05) is 29.5 Å². The Hall–Kier alpha value is -3.13. The Morgan fingerprint density at radius 2 is 1.62 bits per heavy atom. The van der Waals surface area contributed by atoms with Crippen molar-refractivity contribution in [2.24, 2.45) is 7.05 Å². The highest BCUT2D eigenvalue weighted by atomic mass is 19.4. The molecule has 0 saturated heterocycles. The molecule has 2 aromatic carbocycles. The van der Waals surface area contributed by atoms with Crippen molar-refractivity contribution in [2.45, 2.75) is 33.7 Å². The van der Waals surface area contributed by atoms with Crippen molar-refractivity contribution in [2.75, 3.05) is 0 Å². The first-order chi connectivity index (χ1) is 17.1. The van der Waals surface area contributed by atoms with Gasteiger partial charge in [-0.15, -0.1) is 0 Å². The highest BCUT2D eigenvalue weighted by Crippen LogP contribution is 2.36. The molecule has 1 aromatic heterocycles. The van der Waals surface area contributed by atoms with Crippen LogP contribution >= 0.6 is 0 Å². The molecule has 2 nitrogen and oxygen atoms in total. The van der Waals surface area contributed by atoms with Gasteiger partial charge in [-0.25, -0.2) is 4.57 Å². The maximum absolute atomic E-state index is 13.6. The number of benzene rings is 2. The minimum Gasteiger partial charge on any atom is -0.201 e. The minimum atomic E-state index is -4.80. The highest BCUT2D eigenvalue weighted by Gasteiger charge is 2.31. The molecule has 29 heavy (non-hydrogen) atoms. The predicted octanol–water partition coefficient (Wildman–Crippen LogP) is 5.97.